The van der Waals surface area contributed by atoms with Gasteiger partial charge in [-0.2, -0.15) is 8.42 Å². The number of aliphatic hydroxyl groups excluding tert-OH is 1. The summed E-state index contributed by atoms with van der Waals surface area (Å²) < 4.78 is 36.1. The normalized spacial score (nSPS) is 13.8. The van der Waals surface area contributed by atoms with Crippen LogP contribution >= 0.6 is 23.2 Å². The highest BCUT2D eigenvalue weighted by Crippen LogP contribution is 2.34. The Balaban J connectivity index is 1.36. The Morgan fingerprint density at radius 1 is 0.911 bits per heavy atom. The number of aliphatic hydroxyl groups is 1. The Hall–Kier alpha value is -4.44. The topological polar surface area (TPSA) is 96.7 Å². The number of imidazole rings is 1. The van der Waals surface area contributed by atoms with E-state index in [9.17, 15) is 13.5 Å². The molecule has 0 aliphatic carbocycles. The van der Waals surface area contributed by atoms with E-state index in [4.69, 9.17) is 32.9 Å². The summed E-state index contributed by atoms with van der Waals surface area (Å²) in [5, 5.41) is 10.8. The SMILES string of the molecule is CCCCOc1ccccc1-c1ccc(Cc2nc(-c3ccc(Cl)cc3Cl)cn2-c2cccc(N3C=C(O)NS3(=O)=O)c2)cc1. The minimum Gasteiger partial charge on any atom is -0.493 e. The predicted octanol–water partition coefficient (Wildman–Crippen LogP) is 8.29. The molecule has 0 atom stereocenters. The summed E-state index contributed by atoms with van der Waals surface area (Å²) in [6.45, 7) is 2.81. The molecule has 8 nitrogen and oxygen atoms in total. The number of nitrogens with one attached hydrogen (secondary N) is 1. The number of hydrogen-bond acceptors (Lipinski definition) is 5. The van der Waals surface area contributed by atoms with Crippen LogP contribution in [0, 0.1) is 0 Å². The molecule has 0 saturated carbocycles. The molecule has 1 aliphatic heterocycles. The number of benzene rings is 4. The quantitative estimate of drug-likeness (QED) is 0.147. The second-order valence-corrected chi connectivity index (χ2v) is 12.9. The molecular formula is C34H30Cl2N4O4S. The summed E-state index contributed by atoms with van der Waals surface area (Å²) in [6.07, 6.45) is 5.53. The fourth-order valence-corrected chi connectivity index (χ4v) is 6.67. The number of halogens is 2. The van der Waals surface area contributed by atoms with Crippen molar-refractivity contribution in [1.29, 1.82) is 0 Å². The molecule has 1 aromatic heterocycles. The Bertz CT molecular complexity index is 1990. The molecule has 1 aliphatic rings. The molecule has 2 heterocycles. The van der Waals surface area contributed by atoms with Crippen LogP contribution in [0.1, 0.15) is 31.2 Å². The molecule has 2 N–H and O–H groups in total. The Morgan fingerprint density at radius 3 is 2.42 bits per heavy atom. The first-order valence-electron chi connectivity index (χ1n) is 14.4. The number of unbranched alkanes of at least 4 members (excludes halogenated alkanes) is 1. The van der Waals surface area contributed by atoms with Gasteiger partial charge in [-0.15, -0.1) is 0 Å². The van der Waals surface area contributed by atoms with E-state index in [0.717, 1.165) is 45.8 Å². The van der Waals surface area contributed by atoms with Gasteiger partial charge in [0.1, 0.15) is 11.6 Å². The zero-order valence-electron chi connectivity index (χ0n) is 24.3. The molecule has 0 fully saturated rings. The molecule has 6 rings (SSSR count). The lowest BCUT2D eigenvalue weighted by molar-refractivity contribution is 0.310. The van der Waals surface area contributed by atoms with Gasteiger partial charge in [-0.25, -0.2) is 14.0 Å². The van der Waals surface area contributed by atoms with Gasteiger partial charge >= 0.3 is 10.2 Å². The maximum absolute atomic E-state index is 12.5. The van der Waals surface area contributed by atoms with Crippen LogP contribution in [0.4, 0.5) is 5.69 Å². The third-order valence-corrected chi connectivity index (χ3v) is 9.20. The van der Waals surface area contributed by atoms with E-state index in [0.29, 0.717) is 51.5 Å². The van der Waals surface area contributed by atoms with Gasteiger partial charge in [-0.1, -0.05) is 85.1 Å². The van der Waals surface area contributed by atoms with Gasteiger partial charge < -0.3 is 14.4 Å². The van der Waals surface area contributed by atoms with Crippen LogP contribution in [0.3, 0.4) is 0 Å². The number of rotatable bonds is 10. The predicted molar refractivity (Wildman–Crippen MR) is 179 cm³/mol. The van der Waals surface area contributed by atoms with Gasteiger partial charge in [0.2, 0.25) is 5.88 Å². The van der Waals surface area contributed by atoms with Gasteiger partial charge in [0.25, 0.3) is 0 Å². The average molecular weight is 662 g/mol. The van der Waals surface area contributed by atoms with Crippen molar-refractivity contribution in [2.75, 3.05) is 10.9 Å². The highest BCUT2D eigenvalue weighted by molar-refractivity contribution is 7.91. The second kappa shape index (κ2) is 12.9. The lowest BCUT2D eigenvalue weighted by atomic mass is 10.0. The summed E-state index contributed by atoms with van der Waals surface area (Å²) in [5.41, 5.74) is 5.48. The molecule has 11 heteroatoms. The van der Waals surface area contributed by atoms with Crippen molar-refractivity contribution in [2.45, 2.75) is 26.2 Å². The first kappa shape index (κ1) is 30.6. The third kappa shape index (κ3) is 6.66. The molecule has 0 bridgehead atoms. The number of aromatic nitrogens is 2. The number of nitrogens with zero attached hydrogens (tertiary/aromatic N) is 3. The van der Waals surface area contributed by atoms with E-state index in [1.165, 1.54) is 0 Å². The highest BCUT2D eigenvalue weighted by Gasteiger charge is 2.29. The Kier molecular flexibility index (Phi) is 8.76. The van der Waals surface area contributed by atoms with Crippen LogP contribution in [-0.2, 0) is 16.6 Å². The number of hydrogen-bond donors (Lipinski definition) is 2. The van der Waals surface area contributed by atoms with Crippen LogP contribution in [0.5, 0.6) is 5.75 Å². The van der Waals surface area contributed by atoms with Gasteiger partial charge in [0.05, 0.1) is 29.2 Å². The fourth-order valence-electron chi connectivity index (χ4n) is 5.12. The number of anilines is 1. The van der Waals surface area contributed by atoms with E-state index in [1.807, 2.05) is 41.1 Å². The van der Waals surface area contributed by atoms with Gasteiger partial charge in [-0.05, 0) is 60.0 Å². The van der Waals surface area contributed by atoms with Crippen molar-refractivity contribution in [3.63, 3.8) is 0 Å². The van der Waals surface area contributed by atoms with Crippen LogP contribution in [0.15, 0.2) is 109 Å². The van der Waals surface area contributed by atoms with Crippen molar-refractivity contribution in [3.05, 3.63) is 131 Å². The maximum atomic E-state index is 12.5. The first-order chi connectivity index (χ1) is 21.7. The lowest BCUT2D eigenvalue weighted by Gasteiger charge is -2.16. The van der Waals surface area contributed by atoms with Gasteiger partial charge in [-0.3, -0.25) is 0 Å². The molecule has 0 unspecified atom stereocenters. The van der Waals surface area contributed by atoms with Crippen molar-refractivity contribution in [2.24, 2.45) is 0 Å². The fraction of sp³-hybridized carbons (Fsp3) is 0.147. The third-order valence-electron chi connectivity index (χ3n) is 7.35. The number of para-hydroxylation sites is 1. The summed E-state index contributed by atoms with van der Waals surface area (Å²) in [7, 11) is -3.95. The summed E-state index contributed by atoms with van der Waals surface area (Å²) in [5.74, 6) is 1.11. The van der Waals surface area contributed by atoms with Gasteiger partial charge in [0.15, 0.2) is 0 Å². The molecule has 230 valence electrons. The second-order valence-electron chi connectivity index (χ2n) is 10.5. The van der Waals surface area contributed by atoms with Crippen LogP contribution in [0.2, 0.25) is 10.0 Å². The smallest absolute Gasteiger partial charge is 0.330 e. The minimum atomic E-state index is -3.95. The first-order valence-corrected chi connectivity index (χ1v) is 16.6. The average Bonchev–Trinajstić information content (AvgIpc) is 3.56. The molecule has 0 amide bonds. The molecule has 0 radical (unpaired) electrons. The molecule has 0 saturated heterocycles. The Morgan fingerprint density at radius 2 is 1.69 bits per heavy atom. The summed E-state index contributed by atoms with van der Waals surface area (Å²) >= 11 is 12.7. The van der Waals surface area contributed by atoms with E-state index in [1.54, 1.807) is 30.3 Å². The monoisotopic (exact) mass is 660 g/mol. The summed E-state index contributed by atoms with van der Waals surface area (Å²) in [4.78, 5) is 4.97. The van der Waals surface area contributed by atoms with Crippen LogP contribution in [0.25, 0.3) is 28.1 Å². The van der Waals surface area contributed by atoms with Crippen molar-refractivity contribution in [1.82, 2.24) is 14.3 Å². The van der Waals surface area contributed by atoms with Crippen molar-refractivity contribution in [3.8, 4) is 33.8 Å². The molecule has 45 heavy (non-hydrogen) atoms. The molecule has 4 aromatic carbocycles. The molecular weight excluding hydrogens is 631 g/mol. The standard InChI is InChI=1S/C34H30Cl2N4O4S/c1-2-3-17-44-32-10-5-4-9-28(32)24-13-11-23(12-14-24)18-33-37-31(29-16-15-25(35)19-30(29)36)21-39(33)26-7-6-8-27(20-26)40-22-34(41)38-45(40,42)43/h4-16,19-22,38,41H,2-3,17-18H2,1H3. The Labute approximate surface area is 272 Å². The maximum Gasteiger partial charge on any atom is 0.330 e. The molecule has 5 aromatic rings. The highest BCUT2D eigenvalue weighted by atomic mass is 35.5. The largest absolute Gasteiger partial charge is 0.493 e. The van der Waals surface area contributed by atoms with Crippen LogP contribution in [-0.4, -0.2) is 29.7 Å². The van der Waals surface area contributed by atoms with E-state index >= 15 is 0 Å². The zero-order valence-corrected chi connectivity index (χ0v) is 26.6. The van der Waals surface area contributed by atoms with Crippen molar-refractivity contribution < 1.29 is 18.3 Å². The van der Waals surface area contributed by atoms with E-state index in [-0.39, 0.29) is 0 Å². The van der Waals surface area contributed by atoms with Crippen molar-refractivity contribution >= 4 is 39.1 Å². The van der Waals surface area contributed by atoms with Gasteiger partial charge in [0, 0.05) is 34.5 Å². The van der Waals surface area contributed by atoms with E-state index < -0.39 is 16.1 Å². The molecule has 0 spiro atoms. The number of ether oxygens (including phenoxy) is 1. The lowest BCUT2D eigenvalue weighted by Crippen LogP contribution is -2.29. The van der Waals surface area contributed by atoms with Crippen LogP contribution < -0.4 is 13.8 Å². The minimum absolute atomic E-state index is 0.346. The zero-order chi connectivity index (χ0) is 31.6. The summed E-state index contributed by atoms with van der Waals surface area (Å²) in [6, 6.07) is 28.5. The van der Waals surface area contributed by atoms with E-state index in [2.05, 4.69) is 42.0 Å².